The highest BCUT2D eigenvalue weighted by Crippen LogP contribution is 2.28. The van der Waals surface area contributed by atoms with Gasteiger partial charge in [-0.3, -0.25) is 4.98 Å². The van der Waals surface area contributed by atoms with Crippen molar-refractivity contribution in [3.05, 3.63) is 16.6 Å². The van der Waals surface area contributed by atoms with Crippen LogP contribution in [0.4, 0.5) is 0 Å². The standard InChI is InChI=1S/C10H16N2OS/c13-10(3-1-2-4-10)7-11-5-9-6-12-8-14-9/h6,8,11,13H,1-5,7H2. The van der Waals surface area contributed by atoms with E-state index in [9.17, 15) is 5.11 Å². The molecule has 1 aromatic heterocycles. The van der Waals surface area contributed by atoms with Crippen LogP contribution in [0.25, 0.3) is 0 Å². The summed E-state index contributed by atoms with van der Waals surface area (Å²) in [7, 11) is 0. The number of aromatic nitrogens is 1. The Morgan fingerprint density at radius 3 is 2.93 bits per heavy atom. The highest BCUT2D eigenvalue weighted by molar-refractivity contribution is 7.09. The molecule has 1 saturated carbocycles. The fourth-order valence-electron chi connectivity index (χ4n) is 1.96. The van der Waals surface area contributed by atoms with Crippen molar-refractivity contribution < 1.29 is 5.11 Å². The molecule has 78 valence electrons. The summed E-state index contributed by atoms with van der Waals surface area (Å²) in [5, 5.41) is 13.3. The first-order chi connectivity index (χ1) is 6.79. The first-order valence-corrected chi connectivity index (χ1v) is 5.97. The Morgan fingerprint density at radius 2 is 2.29 bits per heavy atom. The SMILES string of the molecule is OC1(CNCc2cncs2)CCCC1. The molecule has 0 spiro atoms. The van der Waals surface area contributed by atoms with E-state index < -0.39 is 5.60 Å². The fourth-order valence-corrected chi connectivity index (χ4v) is 2.52. The topological polar surface area (TPSA) is 45.1 Å². The van der Waals surface area contributed by atoms with Crippen LogP contribution in [0.5, 0.6) is 0 Å². The Bertz CT molecular complexity index is 268. The Balaban J connectivity index is 1.72. The molecule has 0 saturated heterocycles. The van der Waals surface area contributed by atoms with Gasteiger partial charge in [-0.2, -0.15) is 0 Å². The first-order valence-electron chi connectivity index (χ1n) is 5.09. The number of hydrogen-bond donors (Lipinski definition) is 2. The average molecular weight is 212 g/mol. The molecule has 1 aliphatic carbocycles. The third kappa shape index (κ3) is 2.53. The monoisotopic (exact) mass is 212 g/mol. The molecule has 0 unspecified atom stereocenters. The molecule has 1 aliphatic rings. The molecular formula is C10H16N2OS. The van der Waals surface area contributed by atoms with Crippen LogP contribution in [0.1, 0.15) is 30.6 Å². The zero-order valence-corrected chi connectivity index (χ0v) is 9.02. The lowest BCUT2D eigenvalue weighted by Gasteiger charge is -2.22. The summed E-state index contributed by atoms with van der Waals surface area (Å²) < 4.78 is 0. The maximum Gasteiger partial charge on any atom is 0.0794 e. The van der Waals surface area contributed by atoms with Crippen molar-refractivity contribution in [2.24, 2.45) is 0 Å². The summed E-state index contributed by atoms with van der Waals surface area (Å²) in [4.78, 5) is 5.23. The van der Waals surface area contributed by atoms with E-state index in [1.807, 2.05) is 11.7 Å². The molecule has 0 aromatic carbocycles. The van der Waals surface area contributed by atoms with Crippen molar-refractivity contribution in [3.63, 3.8) is 0 Å². The number of rotatable bonds is 4. The van der Waals surface area contributed by atoms with Crippen LogP contribution in [-0.4, -0.2) is 22.2 Å². The lowest BCUT2D eigenvalue weighted by atomic mass is 10.0. The minimum atomic E-state index is -0.440. The molecule has 0 bridgehead atoms. The van der Waals surface area contributed by atoms with Crippen LogP contribution >= 0.6 is 11.3 Å². The summed E-state index contributed by atoms with van der Waals surface area (Å²) in [6.45, 7) is 1.54. The van der Waals surface area contributed by atoms with E-state index in [-0.39, 0.29) is 0 Å². The van der Waals surface area contributed by atoms with Gasteiger partial charge in [-0.05, 0) is 12.8 Å². The molecule has 3 nitrogen and oxygen atoms in total. The van der Waals surface area contributed by atoms with Gasteiger partial charge < -0.3 is 10.4 Å². The molecule has 0 aliphatic heterocycles. The van der Waals surface area contributed by atoms with E-state index >= 15 is 0 Å². The number of nitrogens with zero attached hydrogens (tertiary/aromatic N) is 1. The van der Waals surface area contributed by atoms with Gasteiger partial charge in [0.2, 0.25) is 0 Å². The van der Waals surface area contributed by atoms with Crippen LogP contribution < -0.4 is 5.32 Å². The summed E-state index contributed by atoms with van der Waals surface area (Å²) in [6.07, 6.45) is 6.10. The van der Waals surface area contributed by atoms with Gasteiger partial charge in [0.05, 0.1) is 11.1 Å². The smallest absolute Gasteiger partial charge is 0.0794 e. The third-order valence-electron chi connectivity index (χ3n) is 2.77. The van der Waals surface area contributed by atoms with E-state index in [1.165, 1.54) is 17.7 Å². The maximum absolute atomic E-state index is 10.0. The average Bonchev–Trinajstić information content (AvgIpc) is 2.77. The van der Waals surface area contributed by atoms with Crippen LogP contribution in [0.15, 0.2) is 11.7 Å². The third-order valence-corrected chi connectivity index (χ3v) is 3.55. The lowest BCUT2D eigenvalue weighted by molar-refractivity contribution is 0.0475. The van der Waals surface area contributed by atoms with E-state index in [2.05, 4.69) is 10.3 Å². The van der Waals surface area contributed by atoms with Gasteiger partial charge >= 0.3 is 0 Å². The second-order valence-corrected chi connectivity index (χ2v) is 4.97. The molecule has 2 rings (SSSR count). The van der Waals surface area contributed by atoms with Crippen molar-refractivity contribution in [2.45, 2.75) is 37.8 Å². The van der Waals surface area contributed by atoms with E-state index in [0.29, 0.717) is 6.54 Å². The van der Waals surface area contributed by atoms with Gasteiger partial charge in [0, 0.05) is 24.2 Å². The van der Waals surface area contributed by atoms with Gasteiger partial charge in [-0.1, -0.05) is 12.8 Å². The molecule has 1 aromatic rings. The number of aliphatic hydroxyl groups is 1. The molecular weight excluding hydrogens is 196 g/mol. The molecule has 0 radical (unpaired) electrons. The summed E-state index contributed by atoms with van der Waals surface area (Å²) in [6, 6.07) is 0. The van der Waals surface area contributed by atoms with E-state index in [4.69, 9.17) is 0 Å². The molecule has 1 fully saturated rings. The minimum absolute atomic E-state index is 0.440. The number of hydrogen-bond acceptors (Lipinski definition) is 4. The summed E-state index contributed by atoms with van der Waals surface area (Å²) >= 11 is 1.65. The van der Waals surface area contributed by atoms with Crippen molar-refractivity contribution in [1.82, 2.24) is 10.3 Å². The van der Waals surface area contributed by atoms with Crippen LogP contribution in [-0.2, 0) is 6.54 Å². The van der Waals surface area contributed by atoms with Gasteiger partial charge in [0.25, 0.3) is 0 Å². The summed E-state index contributed by atoms with van der Waals surface area (Å²) in [5.41, 5.74) is 1.39. The molecule has 0 amide bonds. The molecule has 4 heteroatoms. The van der Waals surface area contributed by atoms with Crippen LogP contribution in [0.3, 0.4) is 0 Å². The molecule has 14 heavy (non-hydrogen) atoms. The quantitative estimate of drug-likeness (QED) is 0.795. The van der Waals surface area contributed by atoms with Gasteiger partial charge in [-0.15, -0.1) is 11.3 Å². The van der Waals surface area contributed by atoms with E-state index in [0.717, 1.165) is 19.4 Å². The predicted molar refractivity (Wildman–Crippen MR) is 57.2 cm³/mol. The molecule has 0 atom stereocenters. The first kappa shape index (κ1) is 10.1. The number of nitrogens with one attached hydrogen (secondary N) is 1. The van der Waals surface area contributed by atoms with Crippen molar-refractivity contribution in [1.29, 1.82) is 0 Å². The maximum atomic E-state index is 10.0. The second-order valence-electron chi connectivity index (χ2n) is 4.00. The second kappa shape index (κ2) is 4.38. The van der Waals surface area contributed by atoms with Crippen molar-refractivity contribution in [2.75, 3.05) is 6.54 Å². The Labute approximate surface area is 88.2 Å². The van der Waals surface area contributed by atoms with Crippen LogP contribution in [0, 0.1) is 0 Å². The van der Waals surface area contributed by atoms with Gasteiger partial charge in [0.1, 0.15) is 0 Å². The molecule has 1 heterocycles. The summed E-state index contributed by atoms with van der Waals surface area (Å²) in [5.74, 6) is 0. The van der Waals surface area contributed by atoms with Gasteiger partial charge in [0.15, 0.2) is 0 Å². The largest absolute Gasteiger partial charge is 0.389 e. The zero-order valence-electron chi connectivity index (χ0n) is 8.20. The molecule has 2 N–H and O–H groups in total. The Morgan fingerprint density at radius 1 is 1.50 bits per heavy atom. The van der Waals surface area contributed by atoms with Crippen molar-refractivity contribution >= 4 is 11.3 Å². The highest BCUT2D eigenvalue weighted by atomic mass is 32.1. The lowest BCUT2D eigenvalue weighted by Crippen LogP contribution is -2.37. The van der Waals surface area contributed by atoms with Crippen molar-refractivity contribution in [3.8, 4) is 0 Å². The minimum Gasteiger partial charge on any atom is -0.389 e. The van der Waals surface area contributed by atoms with Gasteiger partial charge in [-0.25, -0.2) is 0 Å². The highest BCUT2D eigenvalue weighted by Gasteiger charge is 2.30. The van der Waals surface area contributed by atoms with E-state index in [1.54, 1.807) is 11.3 Å². The normalized spacial score (nSPS) is 20.1. The Hall–Kier alpha value is -0.450. The Kier molecular flexibility index (Phi) is 3.15. The predicted octanol–water partition coefficient (Wildman–Crippen LogP) is 1.54. The fraction of sp³-hybridized carbons (Fsp3) is 0.700. The number of thiazole rings is 1. The zero-order chi connectivity index (χ0) is 9.86. The van der Waals surface area contributed by atoms with Crippen LogP contribution in [0.2, 0.25) is 0 Å².